The second kappa shape index (κ2) is 7.17. The molecule has 1 aliphatic rings. The number of nitrogens with one attached hydrogen (secondary N) is 1. The van der Waals surface area contributed by atoms with Crippen molar-refractivity contribution < 1.29 is 19.1 Å². The van der Waals surface area contributed by atoms with Crippen LogP contribution in [0.5, 0.6) is 11.5 Å². The number of carbonyl (C=O) groups excluding carboxylic acids is 2. The lowest BCUT2D eigenvalue weighted by Crippen LogP contribution is -2.50. The molecular formula is C17H22N2O4. The molecule has 1 aliphatic carbocycles. The summed E-state index contributed by atoms with van der Waals surface area (Å²) in [6.07, 6.45) is 5.55. The summed E-state index contributed by atoms with van der Waals surface area (Å²) in [6.45, 7) is 0.289. The number of hydrogen-bond donors (Lipinski definition) is 2. The number of ether oxygens (including phenoxy) is 2. The van der Waals surface area contributed by atoms with Crippen LogP contribution in [0.2, 0.25) is 0 Å². The number of methoxy groups -OCH3 is 2. The molecule has 0 aromatic heterocycles. The molecule has 0 bridgehead atoms. The lowest BCUT2D eigenvalue weighted by molar-refractivity contribution is -0.132. The molecule has 1 aromatic rings. The van der Waals surface area contributed by atoms with Gasteiger partial charge in [-0.05, 0) is 36.6 Å². The fraction of sp³-hybridized carbons (Fsp3) is 0.412. The van der Waals surface area contributed by atoms with Crippen LogP contribution in [0.3, 0.4) is 0 Å². The van der Waals surface area contributed by atoms with Gasteiger partial charge in [0, 0.05) is 12.6 Å². The molecule has 1 saturated carbocycles. The van der Waals surface area contributed by atoms with E-state index in [9.17, 15) is 9.59 Å². The maximum atomic E-state index is 11.9. The fourth-order valence-electron chi connectivity index (χ4n) is 2.56. The lowest BCUT2D eigenvalue weighted by atomic mass is 9.68. The van der Waals surface area contributed by atoms with Crippen molar-refractivity contribution in [1.82, 2.24) is 5.32 Å². The Hall–Kier alpha value is -2.50. The summed E-state index contributed by atoms with van der Waals surface area (Å²) in [5.41, 5.74) is 5.66. The summed E-state index contributed by atoms with van der Waals surface area (Å²) in [6, 6.07) is 5.37. The largest absolute Gasteiger partial charge is 0.493 e. The molecule has 124 valence electrons. The number of benzene rings is 1. The van der Waals surface area contributed by atoms with Crippen molar-refractivity contribution in [1.29, 1.82) is 0 Å². The first-order chi connectivity index (χ1) is 11.0. The summed E-state index contributed by atoms with van der Waals surface area (Å²) < 4.78 is 10.4. The van der Waals surface area contributed by atoms with E-state index in [0.29, 0.717) is 11.5 Å². The van der Waals surface area contributed by atoms with Gasteiger partial charge in [0.1, 0.15) is 0 Å². The van der Waals surface area contributed by atoms with Gasteiger partial charge in [0.25, 0.3) is 0 Å². The molecule has 0 spiro atoms. The molecule has 3 N–H and O–H groups in total. The van der Waals surface area contributed by atoms with Crippen LogP contribution >= 0.6 is 0 Å². The van der Waals surface area contributed by atoms with E-state index < -0.39 is 5.41 Å². The molecule has 0 atom stereocenters. The molecule has 2 amide bonds. The summed E-state index contributed by atoms with van der Waals surface area (Å²) in [5.74, 6) is 0.625. The first-order valence-corrected chi connectivity index (χ1v) is 7.48. The molecule has 0 saturated heterocycles. The summed E-state index contributed by atoms with van der Waals surface area (Å²) in [7, 11) is 3.12. The third kappa shape index (κ3) is 3.83. The highest BCUT2D eigenvalue weighted by atomic mass is 16.5. The summed E-state index contributed by atoms with van der Waals surface area (Å²) >= 11 is 0. The van der Waals surface area contributed by atoms with Crippen molar-refractivity contribution in [2.75, 3.05) is 20.8 Å². The predicted molar refractivity (Wildman–Crippen MR) is 87.1 cm³/mol. The standard InChI is InChI=1S/C17H22N2O4/c1-22-13-6-4-12(10-14(13)23-2)5-7-15(20)19-11-17(16(18)21)8-3-9-17/h4-7,10H,3,8-9,11H2,1-2H3,(H2,18,21)(H,19,20)/b7-5+. The average molecular weight is 318 g/mol. The van der Waals surface area contributed by atoms with E-state index >= 15 is 0 Å². The van der Waals surface area contributed by atoms with Crippen LogP contribution in [0.15, 0.2) is 24.3 Å². The van der Waals surface area contributed by atoms with Crippen molar-refractivity contribution in [3.05, 3.63) is 29.8 Å². The smallest absolute Gasteiger partial charge is 0.244 e. The minimum Gasteiger partial charge on any atom is -0.493 e. The van der Waals surface area contributed by atoms with Crippen molar-refractivity contribution in [3.63, 3.8) is 0 Å². The Morgan fingerprint density at radius 3 is 2.48 bits per heavy atom. The Bertz CT molecular complexity index is 621. The first kappa shape index (κ1) is 16.9. The van der Waals surface area contributed by atoms with Gasteiger partial charge >= 0.3 is 0 Å². The summed E-state index contributed by atoms with van der Waals surface area (Å²) in [5, 5.41) is 2.75. The van der Waals surface area contributed by atoms with E-state index in [4.69, 9.17) is 15.2 Å². The van der Waals surface area contributed by atoms with Crippen molar-refractivity contribution in [2.24, 2.45) is 11.1 Å². The van der Waals surface area contributed by atoms with Crippen LogP contribution < -0.4 is 20.5 Å². The molecule has 6 heteroatoms. The Kier molecular flexibility index (Phi) is 5.26. The Balaban J connectivity index is 1.94. The Labute approximate surface area is 135 Å². The molecule has 1 fully saturated rings. The number of carbonyl (C=O) groups is 2. The van der Waals surface area contributed by atoms with Crippen LogP contribution in [0.1, 0.15) is 24.8 Å². The van der Waals surface area contributed by atoms with Gasteiger partial charge in [0.15, 0.2) is 11.5 Å². The molecule has 23 heavy (non-hydrogen) atoms. The van der Waals surface area contributed by atoms with Crippen LogP contribution in [0.4, 0.5) is 0 Å². The van der Waals surface area contributed by atoms with Crippen molar-refractivity contribution in [2.45, 2.75) is 19.3 Å². The van der Waals surface area contributed by atoms with E-state index in [1.54, 1.807) is 32.4 Å². The second-order valence-electron chi connectivity index (χ2n) is 5.66. The predicted octanol–water partition coefficient (Wildman–Crippen LogP) is 1.49. The van der Waals surface area contributed by atoms with Crippen molar-refractivity contribution in [3.8, 4) is 11.5 Å². The normalized spacial score (nSPS) is 15.7. The average Bonchev–Trinajstić information content (AvgIpc) is 2.51. The minimum absolute atomic E-state index is 0.257. The maximum Gasteiger partial charge on any atom is 0.244 e. The van der Waals surface area contributed by atoms with Crippen LogP contribution in [0.25, 0.3) is 6.08 Å². The first-order valence-electron chi connectivity index (χ1n) is 7.48. The van der Waals surface area contributed by atoms with Gasteiger partial charge in [-0.3, -0.25) is 9.59 Å². The van der Waals surface area contributed by atoms with Crippen molar-refractivity contribution >= 4 is 17.9 Å². The van der Waals surface area contributed by atoms with Crippen LogP contribution in [-0.2, 0) is 9.59 Å². The number of amides is 2. The molecule has 2 rings (SSSR count). The topological polar surface area (TPSA) is 90.6 Å². The van der Waals surface area contributed by atoms with Crippen LogP contribution in [-0.4, -0.2) is 32.6 Å². The summed E-state index contributed by atoms with van der Waals surface area (Å²) in [4.78, 5) is 23.4. The lowest BCUT2D eigenvalue weighted by Gasteiger charge is -2.38. The quantitative estimate of drug-likeness (QED) is 0.745. The zero-order chi connectivity index (χ0) is 16.9. The van der Waals surface area contributed by atoms with E-state index in [0.717, 1.165) is 24.8 Å². The Morgan fingerprint density at radius 1 is 1.26 bits per heavy atom. The maximum absolute atomic E-state index is 11.9. The number of hydrogen-bond acceptors (Lipinski definition) is 4. The second-order valence-corrected chi connectivity index (χ2v) is 5.66. The van der Waals surface area contributed by atoms with Gasteiger partial charge in [-0.1, -0.05) is 12.5 Å². The van der Waals surface area contributed by atoms with Gasteiger partial charge in [0.05, 0.1) is 19.6 Å². The number of rotatable bonds is 7. The van der Waals surface area contributed by atoms with Gasteiger partial charge in [-0.15, -0.1) is 0 Å². The molecule has 0 aliphatic heterocycles. The van der Waals surface area contributed by atoms with E-state index in [1.807, 2.05) is 6.07 Å². The highest BCUT2D eigenvalue weighted by molar-refractivity contribution is 5.92. The van der Waals surface area contributed by atoms with Gasteiger partial charge < -0.3 is 20.5 Å². The monoisotopic (exact) mass is 318 g/mol. The minimum atomic E-state index is -0.563. The molecular weight excluding hydrogens is 296 g/mol. The van der Waals surface area contributed by atoms with E-state index in [2.05, 4.69) is 5.32 Å². The molecule has 6 nitrogen and oxygen atoms in total. The van der Waals surface area contributed by atoms with E-state index in [1.165, 1.54) is 6.08 Å². The highest BCUT2D eigenvalue weighted by Gasteiger charge is 2.42. The van der Waals surface area contributed by atoms with Gasteiger partial charge in [0.2, 0.25) is 11.8 Å². The van der Waals surface area contributed by atoms with Crippen LogP contribution in [0, 0.1) is 5.41 Å². The third-order valence-electron chi connectivity index (χ3n) is 4.27. The Morgan fingerprint density at radius 2 is 1.96 bits per heavy atom. The SMILES string of the molecule is COc1ccc(/C=C/C(=O)NCC2(C(N)=O)CCC2)cc1OC. The molecule has 1 aromatic carbocycles. The molecule has 0 radical (unpaired) electrons. The molecule has 0 heterocycles. The number of nitrogens with two attached hydrogens (primary N) is 1. The third-order valence-corrected chi connectivity index (χ3v) is 4.27. The fourth-order valence-corrected chi connectivity index (χ4v) is 2.56. The zero-order valence-corrected chi connectivity index (χ0v) is 13.4. The zero-order valence-electron chi connectivity index (χ0n) is 13.4. The van der Waals surface area contributed by atoms with Gasteiger partial charge in [-0.25, -0.2) is 0 Å². The van der Waals surface area contributed by atoms with Gasteiger partial charge in [-0.2, -0.15) is 0 Å². The highest BCUT2D eigenvalue weighted by Crippen LogP contribution is 2.39. The molecule has 0 unspecified atom stereocenters. The van der Waals surface area contributed by atoms with E-state index in [-0.39, 0.29) is 18.4 Å². The number of primary amides is 1.